The smallest absolute Gasteiger partial charge is 0.0192 e. The lowest BCUT2D eigenvalue weighted by Crippen LogP contribution is -2.24. The zero-order valence-electron chi connectivity index (χ0n) is 8.57. The number of rotatable bonds is 4. The van der Waals surface area contributed by atoms with Gasteiger partial charge in [-0.05, 0) is 33.9 Å². The van der Waals surface area contributed by atoms with Gasteiger partial charge >= 0.3 is 0 Å². The van der Waals surface area contributed by atoms with E-state index in [1.165, 1.54) is 11.1 Å². The lowest BCUT2D eigenvalue weighted by Gasteiger charge is -2.18. The van der Waals surface area contributed by atoms with Crippen molar-refractivity contribution in [3.8, 4) is 0 Å². The Bertz CT molecular complexity index is 128. The van der Waals surface area contributed by atoms with E-state index in [4.69, 9.17) is 0 Å². The predicted octanol–water partition coefficient (Wildman–Crippen LogP) is 2.68. The minimum atomic E-state index is 1.13. The fourth-order valence-electron chi connectivity index (χ4n) is 0.941. The van der Waals surface area contributed by atoms with Crippen LogP contribution >= 0.6 is 0 Å². The molecule has 0 N–H and O–H groups in total. The first-order valence-corrected chi connectivity index (χ1v) is 4.47. The zero-order valence-corrected chi connectivity index (χ0v) is 8.57. The van der Waals surface area contributed by atoms with Gasteiger partial charge in [0.15, 0.2) is 0 Å². The lowest BCUT2D eigenvalue weighted by atomic mass is 10.1. The number of allylic oxidation sites excluding steroid dienone is 1. The van der Waals surface area contributed by atoms with Crippen LogP contribution < -0.4 is 0 Å². The van der Waals surface area contributed by atoms with E-state index in [0.717, 1.165) is 19.6 Å². The summed E-state index contributed by atoms with van der Waals surface area (Å²) in [4.78, 5) is 2.43. The van der Waals surface area contributed by atoms with Gasteiger partial charge < -0.3 is 0 Å². The Kier molecular flexibility index (Phi) is 5.22. The van der Waals surface area contributed by atoms with E-state index in [1.807, 2.05) is 0 Å². The molecule has 0 spiro atoms. The Morgan fingerprint density at radius 1 is 1.00 bits per heavy atom. The average molecular weight is 155 g/mol. The summed E-state index contributed by atoms with van der Waals surface area (Å²) >= 11 is 0. The Balaban J connectivity index is 3.91. The molecular formula is C10H21N. The van der Waals surface area contributed by atoms with Crippen LogP contribution in [-0.2, 0) is 0 Å². The Labute approximate surface area is 71.1 Å². The van der Waals surface area contributed by atoms with Crippen molar-refractivity contribution < 1.29 is 0 Å². The molecule has 0 amide bonds. The Morgan fingerprint density at radius 3 is 1.73 bits per heavy atom. The summed E-state index contributed by atoms with van der Waals surface area (Å²) in [7, 11) is 0. The maximum Gasteiger partial charge on any atom is 0.0192 e. The quantitative estimate of drug-likeness (QED) is 0.564. The maximum atomic E-state index is 2.43. The molecule has 0 aromatic rings. The van der Waals surface area contributed by atoms with Crippen LogP contribution in [0.15, 0.2) is 11.1 Å². The molecule has 1 heteroatoms. The van der Waals surface area contributed by atoms with Gasteiger partial charge in [0.25, 0.3) is 0 Å². The molecule has 0 aliphatic rings. The number of hydrogen-bond acceptors (Lipinski definition) is 1. The number of nitrogens with zero attached hydrogens (tertiary/aromatic N) is 1. The van der Waals surface area contributed by atoms with Crippen LogP contribution in [0.25, 0.3) is 0 Å². The van der Waals surface area contributed by atoms with Crippen LogP contribution in [0.1, 0.15) is 34.6 Å². The van der Waals surface area contributed by atoms with Gasteiger partial charge in [0.1, 0.15) is 0 Å². The van der Waals surface area contributed by atoms with Gasteiger partial charge in [-0.1, -0.05) is 25.0 Å². The van der Waals surface area contributed by atoms with Gasteiger partial charge in [0, 0.05) is 6.54 Å². The molecule has 0 saturated carbocycles. The van der Waals surface area contributed by atoms with E-state index >= 15 is 0 Å². The van der Waals surface area contributed by atoms with Crippen molar-refractivity contribution in [3.63, 3.8) is 0 Å². The predicted molar refractivity (Wildman–Crippen MR) is 51.8 cm³/mol. The van der Waals surface area contributed by atoms with E-state index in [9.17, 15) is 0 Å². The van der Waals surface area contributed by atoms with E-state index in [0.29, 0.717) is 0 Å². The van der Waals surface area contributed by atoms with E-state index in [-0.39, 0.29) is 0 Å². The van der Waals surface area contributed by atoms with Gasteiger partial charge in [0.05, 0.1) is 0 Å². The van der Waals surface area contributed by atoms with Gasteiger partial charge in [-0.3, -0.25) is 4.90 Å². The maximum absolute atomic E-state index is 2.43. The lowest BCUT2D eigenvalue weighted by molar-refractivity contribution is 0.329. The van der Waals surface area contributed by atoms with Crippen molar-refractivity contribution in [3.05, 3.63) is 11.1 Å². The summed E-state index contributed by atoms with van der Waals surface area (Å²) < 4.78 is 0. The summed E-state index contributed by atoms with van der Waals surface area (Å²) in [6, 6.07) is 0. The number of hydrogen-bond donors (Lipinski definition) is 0. The molecule has 0 fully saturated rings. The summed E-state index contributed by atoms with van der Waals surface area (Å²) in [5.74, 6) is 0. The molecule has 66 valence electrons. The standard InChI is InChI=1S/C10H21N/c1-6-11(7-2)8-10(5)9(3)4/h6-8H2,1-5H3. The summed E-state index contributed by atoms with van der Waals surface area (Å²) in [6.45, 7) is 14.4. The molecule has 0 aliphatic carbocycles. The first-order valence-electron chi connectivity index (χ1n) is 4.47. The highest BCUT2D eigenvalue weighted by Gasteiger charge is 1.99. The fourth-order valence-corrected chi connectivity index (χ4v) is 0.941. The van der Waals surface area contributed by atoms with Crippen molar-refractivity contribution in [2.24, 2.45) is 0 Å². The highest BCUT2D eigenvalue weighted by molar-refractivity contribution is 5.08. The van der Waals surface area contributed by atoms with Gasteiger partial charge in [0.2, 0.25) is 0 Å². The zero-order chi connectivity index (χ0) is 8.85. The van der Waals surface area contributed by atoms with Crippen LogP contribution in [-0.4, -0.2) is 24.5 Å². The molecule has 0 aliphatic heterocycles. The molecule has 0 atom stereocenters. The third-order valence-corrected chi connectivity index (χ3v) is 2.21. The van der Waals surface area contributed by atoms with Crippen LogP contribution in [0, 0.1) is 0 Å². The molecule has 0 saturated heterocycles. The molecule has 0 bridgehead atoms. The van der Waals surface area contributed by atoms with Crippen LogP contribution in [0.2, 0.25) is 0 Å². The highest BCUT2D eigenvalue weighted by Crippen LogP contribution is 2.03. The molecule has 11 heavy (non-hydrogen) atoms. The van der Waals surface area contributed by atoms with Crippen molar-refractivity contribution in [1.82, 2.24) is 4.90 Å². The minimum Gasteiger partial charge on any atom is -0.300 e. The second kappa shape index (κ2) is 5.36. The van der Waals surface area contributed by atoms with E-state index in [2.05, 4.69) is 39.5 Å². The monoisotopic (exact) mass is 155 g/mol. The average Bonchev–Trinajstić information content (AvgIpc) is 1.99. The molecule has 0 unspecified atom stereocenters. The first kappa shape index (κ1) is 10.7. The second-order valence-electron chi connectivity index (χ2n) is 3.24. The Morgan fingerprint density at radius 2 is 1.45 bits per heavy atom. The molecular weight excluding hydrogens is 134 g/mol. The van der Waals surface area contributed by atoms with Gasteiger partial charge in [-0.15, -0.1) is 0 Å². The highest BCUT2D eigenvalue weighted by atomic mass is 15.1. The number of likely N-dealkylation sites (N-methyl/N-ethyl adjacent to an activating group) is 1. The van der Waals surface area contributed by atoms with Crippen LogP contribution in [0.3, 0.4) is 0 Å². The van der Waals surface area contributed by atoms with E-state index in [1.54, 1.807) is 0 Å². The summed E-state index contributed by atoms with van der Waals surface area (Å²) in [6.07, 6.45) is 0. The molecule has 0 heterocycles. The normalized spacial score (nSPS) is 10.4. The van der Waals surface area contributed by atoms with Gasteiger partial charge in [-0.2, -0.15) is 0 Å². The molecule has 0 rings (SSSR count). The largest absolute Gasteiger partial charge is 0.300 e. The van der Waals surface area contributed by atoms with Crippen LogP contribution in [0.4, 0.5) is 0 Å². The van der Waals surface area contributed by atoms with Crippen molar-refractivity contribution in [2.75, 3.05) is 19.6 Å². The molecule has 0 aromatic carbocycles. The van der Waals surface area contributed by atoms with E-state index < -0.39 is 0 Å². The van der Waals surface area contributed by atoms with Crippen molar-refractivity contribution in [1.29, 1.82) is 0 Å². The molecule has 1 nitrogen and oxygen atoms in total. The topological polar surface area (TPSA) is 3.24 Å². The third kappa shape index (κ3) is 4.20. The summed E-state index contributed by atoms with van der Waals surface area (Å²) in [5, 5.41) is 0. The first-order chi connectivity index (χ1) is 5.11. The SMILES string of the molecule is CCN(CC)CC(C)=C(C)C. The van der Waals surface area contributed by atoms with Crippen molar-refractivity contribution >= 4 is 0 Å². The Hall–Kier alpha value is -0.300. The van der Waals surface area contributed by atoms with Crippen molar-refractivity contribution in [2.45, 2.75) is 34.6 Å². The fraction of sp³-hybridized carbons (Fsp3) is 0.800. The van der Waals surface area contributed by atoms with Crippen LogP contribution in [0.5, 0.6) is 0 Å². The second-order valence-corrected chi connectivity index (χ2v) is 3.24. The summed E-state index contributed by atoms with van der Waals surface area (Å²) in [5.41, 5.74) is 2.96. The third-order valence-electron chi connectivity index (χ3n) is 2.21. The molecule has 0 radical (unpaired) electrons. The van der Waals surface area contributed by atoms with Gasteiger partial charge in [-0.25, -0.2) is 0 Å². The minimum absolute atomic E-state index is 1.13. The molecule has 0 aromatic heterocycles.